The van der Waals surface area contributed by atoms with Crippen molar-refractivity contribution < 1.29 is 32.3 Å². The smallest absolute Gasteiger partial charge is 0.417 e. The van der Waals surface area contributed by atoms with Crippen molar-refractivity contribution in [1.82, 2.24) is 15.1 Å². The predicted molar refractivity (Wildman–Crippen MR) is 112 cm³/mol. The van der Waals surface area contributed by atoms with Gasteiger partial charge in [0.1, 0.15) is 0 Å². The average Bonchev–Trinajstić information content (AvgIpc) is 2.68. The van der Waals surface area contributed by atoms with Crippen LogP contribution in [-0.4, -0.2) is 73.1 Å². The second-order valence-electron chi connectivity index (χ2n) is 7.52. The van der Waals surface area contributed by atoms with Gasteiger partial charge in [0.05, 0.1) is 29.7 Å². The van der Waals surface area contributed by atoms with Crippen molar-refractivity contribution in [3.05, 3.63) is 28.8 Å². The second-order valence-corrected chi connectivity index (χ2v) is 7.93. The van der Waals surface area contributed by atoms with Gasteiger partial charge in [0.25, 0.3) is 0 Å². The van der Waals surface area contributed by atoms with E-state index in [1.165, 1.54) is 6.07 Å². The number of piperazine rings is 1. The van der Waals surface area contributed by atoms with Crippen LogP contribution in [-0.2, 0) is 20.5 Å². The molecule has 2 rings (SSSR count). The number of carbonyl (C=O) groups excluding carboxylic acids is 3. The lowest BCUT2D eigenvalue weighted by Gasteiger charge is -2.34. The molecular formula is C20H26ClF3N4O4. The first-order valence-corrected chi connectivity index (χ1v) is 10.4. The van der Waals surface area contributed by atoms with E-state index in [4.69, 9.17) is 16.3 Å². The summed E-state index contributed by atoms with van der Waals surface area (Å²) in [7, 11) is 0. The third kappa shape index (κ3) is 8.19. The van der Waals surface area contributed by atoms with Gasteiger partial charge in [-0.05, 0) is 32.0 Å². The first-order chi connectivity index (χ1) is 15.0. The molecule has 0 radical (unpaired) electrons. The lowest BCUT2D eigenvalue weighted by atomic mass is 10.2. The van der Waals surface area contributed by atoms with Crippen LogP contribution < -0.4 is 10.6 Å². The highest BCUT2D eigenvalue weighted by atomic mass is 35.5. The number of halogens is 4. The lowest BCUT2D eigenvalue weighted by Crippen LogP contribution is -2.53. The molecule has 32 heavy (non-hydrogen) atoms. The summed E-state index contributed by atoms with van der Waals surface area (Å²) < 4.78 is 43.8. The number of anilines is 1. The number of benzene rings is 1. The first-order valence-electron chi connectivity index (χ1n) is 10.1. The van der Waals surface area contributed by atoms with E-state index in [0.29, 0.717) is 26.2 Å². The van der Waals surface area contributed by atoms with Crippen molar-refractivity contribution in [2.45, 2.75) is 32.5 Å². The van der Waals surface area contributed by atoms with Crippen molar-refractivity contribution in [2.24, 2.45) is 0 Å². The molecule has 1 aromatic carbocycles. The highest BCUT2D eigenvalue weighted by Crippen LogP contribution is 2.36. The lowest BCUT2D eigenvalue weighted by molar-refractivity contribution is -0.147. The Hall–Kier alpha value is -2.53. The van der Waals surface area contributed by atoms with Crippen LogP contribution in [0.25, 0.3) is 0 Å². The number of urea groups is 1. The second kappa shape index (κ2) is 11.4. The summed E-state index contributed by atoms with van der Waals surface area (Å²) in [6.45, 7) is 5.20. The van der Waals surface area contributed by atoms with Crippen LogP contribution >= 0.6 is 11.6 Å². The summed E-state index contributed by atoms with van der Waals surface area (Å²) in [5.74, 6) is -0.860. The number of hydrogen-bond acceptors (Lipinski definition) is 5. The minimum atomic E-state index is -4.62. The fourth-order valence-corrected chi connectivity index (χ4v) is 3.26. The van der Waals surface area contributed by atoms with Crippen LogP contribution in [0.3, 0.4) is 0 Å². The summed E-state index contributed by atoms with van der Waals surface area (Å²) >= 11 is 5.58. The fraction of sp³-hybridized carbons (Fsp3) is 0.550. The molecule has 1 fully saturated rings. The number of hydrogen-bond donors (Lipinski definition) is 2. The van der Waals surface area contributed by atoms with Crippen LogP contribution in [0.4, 0.5) is 23.7 Å². The van der Waals surface area contributed by atoms with Crippen molar-refractivity contribution in [3.63, 3.8) is 0 Å². The molecule has 1 saturated heterocycles. The molecule has 1 aliphatic rings. The van der Waals surface area contributed by atoms with Crippen molar-refractivity contribution in [3.8, 4) is 0 Å². The maximum atomic E-state index is 12.9. The molecular weight excluding hydrogens is 453 g/mol. The van der Waals surface area contributed by atoms with Gasteiger partial charge in [-0.3, -0.25) is 14.5 Å². The molecule has 0 spiro atoms. The Morgan fingerprint density at radius 3 is 2.41 bits per heavy atom. The largest absolute Gasteiger partial charge is 0.463 e. The molecule has 1 aromatic rings. The average molecular weight is 479 g/mol. The van der Waals surface area contributed by atoms with E-state index in [0.717, 1.165) is 12.1 Å². The number of ether oxygens (including phenoxy) is 1. The minimum Gasteiger partial charge on any atom is -0.463 e. The van der Waals surface area contributed by atoms with Gasteiger partial charge in [-0.15, -0.1) is 0 Å². The molecule has 1 aliphatic heterocycles. The minimum absolute atomic E-state index is 0.000678. The van der Waals surface area contributed by atoms with Crippen molar-refractivity contribution in [1.29, 1.82) is 0 Å². The van der Waals surface area contributed by atoms with Crippen molar-refractivity contribution in [2.75, 3.05) is 44.6 Å². The molecule has 0 aromatic heterocycles. The summed E-state index contributed by atoms with van der Waals surface area (Å²) in [5.41, 5.74) is -1.02. The monoisotopic (exact) mass is 478 g/mol. The van der Waals surface area contributed by atoms with Gasteiger partial charge < -0.3 is 20.3 Å². The van der Waals surface area contributed by atoms with E-state index < -0.39 is 22.7 Å². The molecule has 0 saturated carbocycles. The molecule has 2 N–H and O–H groups in total. The number of nitrogens with zero attached hydrogens (tertiary/aromatic N) is 2. The van der Waals surface area contributed by atoms with E-state index >= 15 is 0 Å². The molecule has 178 valence electrons. The number of rotatable bonds is 7. The molecule has 12 heteroatoms. The van der Waals surface area contributed by atoms with Crippen LogP contribution in [0.2, 0.25) is 5.02 Å². The Balaban J connectivity index is 1.74. The topological polar surface area (TPSA) is 91.0 Å². The highest BCUT2D eigenvalue weighted by Gasteiger charge is 2.33. The van der Waals surface area contributed by atoms with Crippen molar-refractivity contribution >= 4 is 35.2 Å². The molecule has 3 amide bonds. The van der Waals surface area contributed by atoms with Gasteiger partial charge >= 0.3 is 18.2 Å². The Labute approximate surface area is 189 Å². The van der Waals surface area contributed by atoms with E-state index in [1.807, 2.05) is 0 Å². The molecule has 0 bridgehead atoms. The number of amides is 3. The summed E-state index contributed by atoms with van der Waals surface area (Å²) in [6.07, 6.45) is -4.76. The van der Waals surface area contributed by atoms with Gasteiger partial charge in [-0.2, -0.15) is 13.2 Å². The number of carbonyl (C=O) groups is 3. The summed E-state index contributed by atoms with van der Waals surface area (Å²) in [5, 5.41) is 4.65. The van der Waals surface area contributed by atoms with Gasteiger partial charge in [0.15, 0.2) is 0 Å². The van der Waals surface area contributed by atoms with Gasteiger partial charge in [-0.25, -0.2) is 4.79 Å². The maximum Gasteiger partial charge on any atom is 0.417 e. The molecule has 8 nitrogen and oxygen atoms in total. The predicted octanol–water partition coefficient (Wildman–Crippen LogP) is 2.97. The maximum absolute atomic E-state index is 12.9. The summed E-state index contributed by atoms with van der Waals surface area (Å²) in [4.78, 5) is 39.2. The number of alkyl halides is 3. The van der Waals surface area contributed by atoms with E-state index in [-0.39, 0.29) is 43.3 Å². The van der Waals surface area contributed by atoms with E-state index in [9.17, 15) is 27.6 Å². The third-order valence-corrected chi connectivity index (χ3v) is 4.88. The van der Waals surface area contributed by atoms with Crippen LogP contribution in [0.1, 0.15) is 25.8 Å². The van der Waals surface area contributed by atoms with Crippen LogP contribution in [0, 0.1) is 0 Å². The van der Waals surface area contributed by atoms with Gasteiger partial charge in [0.2, 0.25) is 5.91 Å². The van der Waals surface area contributed by atoms with Gasteiger partial charge in [0, 0.05) is 38.4 Å². The Morgan fingerprint density at radius 2 is 1.81 bits per heavy atom. The summed E-state index contributed by atoms with van der Waals surface area (Å²) in [6, 6.07) is 2.86. The highest BCUT2D eigenvalue weighted by molar-refractivity contribution is 6.31. The normalized spacial score (nSPS) is 14.9. The molecule has 0 unspecified atom stereocenters. The van der Waals surface area contributed by atoms with E-state index in [1.54, 1.807) is 23.6 Å². The third-order valence-electron chi connectivity index (χ3n) is 4.55. The van der Waals surface area contributed by atoms with Crippen LogP contribution in [0.15, 0.2) is 18.2 Å². The van der Waals surface area contributed by atoms with Gasteiger partial charge in [-0.1, -0.05) is 11.6 Å². The zero-order valence-corrected chi connectivity index (χ0v) is 18.6. The Bertz CT molecular complexity index is 828. The zero-order valence-electron chi connectivity index (χ0n) is 17.8. The number of esters is 1. The Kier molecular flexibility index (Phi) is 9.14. The Morgan fingerprint density at radius 1 is 1.16 bits per heavy atom. The SMILES string of the molecule is CC(C)OC(=O)CCNC(=O)N1CCN(CC(=O)Nc2ccc(Cl)c(C(F)(F)F)c2)CC1. The number of nitrogens with one attached hydrogen (secondary N) is 2. The van der Waals surface area contributed by atoms with Crippen LogP contribution in [0.5, 0.6) is 0 Å². The quantitative estimate of drug-likeness (QED) is 0.588. The fourth-order valence-electron chi connectivity index (χ4n) is 3.04. The van der Waals surface area contributed by atoms with E-state index in [2.05, 4.69) is 10.6 Å². The first kappa shape index (κ1) is 25.7. The molecule has 0 aliphatic carbocycles. The molecule has 1 heterocycles. The standard InChI is InChI=1S/C20H26ClF3N4O4/c1-13(2)32-18(30)5-6-25-19(31)28-9-7-27(8-10-28)12-17(29)26-14-3-4-16(21)15(11-14)20(22,23)24/h3-4,11,13H,5-10,12H2,1-2H3,(H,25,31)(H,26,29). The zero-order chi connectivity index (χ0) is 23.9. The molecule has 0 atom stereocenters.